The fourth-order valence-corrected chi connectivity index (χ4v) is 2.04. The van der Waals surface area contributed by atoms with E-state index in [4.69, 9.17) is 21.6 Å². The molecule has 104 valence electrons. The van der Waals surface area contributed by atoms with Crippen LogP contribution in [-0.2, 0) is 7.05 Å². The predicted molar refractivity (Wildman–Crippen MR) is 75.1 cm³/mol. The Morgan fingerprint density at radius 1 is 1.33 bits per heavy atom. The van der Waals surface area contributed by atoms with E-state index in [0.29, 0.717) is 27.6 Å². The van der Waals surface area contributed by atoms with E-state index >= 15 is 0 Å². The third kappa shape index (κ3) is 2.37. The number of rotatable bonds is 2. The Bertz CT molecular complexity index is 882. The van der Waals surface area contributed by atoms with Gasteiger partial charge in [0.25, 0.3) is 0 Å². The smallest absolute Gasteiger partial charge is 0.243 e. The SMILES string of the molecule is Cc1cc(C#N)nnc1Oc1cc(Cl)c2ncn(C)c2n1. The van der Waals surface area contributed by atoms with Crippen LogP contribution < -0.4 is 4.74 Å². The summed E-state index contributed by atoms with van der Waals surface area (Å²) in [6.07, 6.45) is 1.63. The number of fused-ring (bicyclic) bond motifs is 1. The van der Waals surface area contributed by atoms with Gasteiger partial charge in [-0.1, -0.05) is 11.6 Å². The summed E-state index contributed by atoms with van der Waals surface area (Å²) in [6.45, 7) is 1.77. The molecule has 3 heterocycles. The van der Waals surface area contributed by atoms with E-state index in [9.17, 15) is 0 Å². The summed E-state index contributed by atoms with van der Waals surface area (Å²) in [6, 6.07) is 5.07. The van der Waals surface area contributed by atoms with Crippen LogP contribution in [0.15, 0.2) is 18.5 Å². The zero-order valence-corrected chi connectivity index (χ0v) is 12.0. The summed E-state index contributed by atoms with van der Waals surface area (Å²) >= 11 is 6.15. The molecule has 0 amide bonds. The molecular weight excluding hydrogens is 292 g/mol. The van der Waals surface area contributed by atoms with Crippen molar-refractivity contribution < 1.29 is 4.74 Å². The topological polar surface area (TPSA) is 89.5 Å². The average Bonchev–Trinajstić information content (AvgIpc) is 2.83. The minimum atomic E-state index is 0.230. The van der Waals surface area contributed by atoms with Gasteiger partial charge >= 0.3 is 0 Å². The highest BCUT2D eigenvalue weighted by Gasteiger charge is 2.12. The van der Waals surface area contributed by atoms with Crippen LogP contribution in [0.5, 0.6) is 11.8 Å². The second-order valence-electron chi connectivity index (χ2n) is 4.40. The van der Waals surface area contributed by atoms with Gasteiger partial charge in [0.1, 0.15) is 11.6 Å². The fourth-order valence-electron chi connectivity index (χ4n) is 1.82. The van der Waals surface area contributed by atoms with Crippen LogP contribution in [0.4, 0.5) is 0 Å². The largest absolute Gasteiger partial charge is 0.419 e. The van der Waals surface area contributed by atoms with Gasteiger partial charge in [-0.05, 0) is 13.0 Å². The Hall–Kier alpha value is -2.72. The minimum absolute atomic E-state index is 0.230. The van der Waals surface area contributed by atoms with Crippen molar-refractivity contribution in [3.05, 3.63) is 34.7 Å². The summed E-state index contributed by atoms with van der Waals surface area (Å²) in [5.74, 6) is 0.567. The highest BCUT2D eigenvalue weighted by Crippen LogP contribution is 2.28. The van der Waals surface area contributed by atoms with E-state index in [1.54, 1.807) is 30.0 Å². The Labute approximate surface area is 124 Å². The average molecular weight is 301 g/mol. The maximum absolute atomic E-state index is 8.77. The van der Waals surface area contributed by atoms with Crippen molar-refractivity contribution in [2.75, 3.05) is 0 Å². The van der Waals surface area contributed by atoms with Gasteiger partial charge < -0.3 is 9.30 Å². The molecule has 0 aliphatic rings. The molecule has 0 saturated carbocycles. The van der Waals surface area contributed by atoms with E-state index in [2.05, 4.69) is 20.2 Å². The molecule has 0 unspecified atom stereocenters. The highest BCUT2D eigenvalue weighted by molar-refractivity contribution is 6.34. The van der Waals surface area contributed by atoms with Crippen LogP contribution in [0.2, 0.25) is 5.02 Å². The van der Waals surface area contributed by atoms with Crippen LogP contribution in [0.3, 0.4) is 0 Å². The molecule has 3 aromatic rings. The maximum atomic E-state index is 8.77. The van der Waals surface area contributed by atoms with Crippen LogP contribution in [-0.4, -0.2) is 24.7 Å². The van der Waals surface area contributed by atoms with Gasteiger partial charge in [0.2, 0.25) is 11.8 Å². The number of aryl methyl sites for hydroxylation is 2. The molecule has 0 fully saturated rings. The van der Waals surface area contributed by atoms with Gasteiger partial charge in [0.05, 0.1) is 11.3 Å². The monoisotopic (exact) mass is 300 g/mol. The van der Waals surface area contributed by atoms with E-state index in [1.807, 2.05) is 13.1 Å². The lowest BCUT2D eigenvalue weighted by molar-refractivity contribution is 0.435. The predicted octanol–water partition coefficient (Wildman–Crippen LogP) is 2.38. The van der Waals surface area contributed by atoms with Crippen molar-refractivity contribution in [3.63, 3.8) is 0 Å². The van der Waals surface area contributed by atoms with E-state index in [-0.39, 0.29) is 11.6 Å². The lowest BCUT2D eigenvalue weighted by atomic mass is 10.3. The van der Waals surface area contributed by atoms with E-state index < -0.39 is 0 Å². The normalized spacial score (nSPS) is 10.6. The van der Waals surface area contributed by atoms with Crippen molar-refractivity contribution in [2.45, 2.75) is 6.92 Å². The molecule has 0 aliphatic carbocycles. The van der Waals surface area contributed by atoms with Crippen LogP contribution >= 0.6 is 11.6 Å². The number of hydrogen-bond donors (Lipinski definition) is 0. The minimum Gasteiger partial charge on any atom is -0.419 e. The van der Waals surface area contributed by atoms with Crippen LogP contribution in [0.1, 0.15) is 11.3 Å². The Balaban J connectivity index is 2.02. The number of hydrogen-bond acceptors (Lipinski definition) is 6. The first kappa shape index (κ1) is 13.3. The van der Waals surface area contributed by atoms with E-state index in [1.165, 1.54) is 0 Å². The molecule has 3 rings (SSSR count). The van der Waals surface area contributed by atoms with Gasteiger partial charge in [-0.3, -0.25) is 0 Å². The molecule has 0 radical (unpaired) electrons. The summed E-state index contributed by atoms with van der Waals surface area (Å²) in [4.78, 5) is 8.49. The van der Waals surface area contributed by atoms with E-state index in [0.717, 1.165) is 0 Å². The summed E-state index contributed by atoms with van der Waals surface area (Å²) in [5.41, 5.74) is 2.13. The van der Waals surface area contributed by atoms with Crippen molar-refractivity contribution in [1.82, 2.24) is 24.7 Å². The molecule has 8 heteroatoms. The molecule has 21 heavy (non-hydrogen) atoms. The van der Waals surface area contributed by atoms with Crippen LogP contribution in [0.25, 0.3) is 11.2 Å². The molecule has 0 aliphatic heterocycles. The zero-order chi connectivity index (χ0) is 15.0. The number of pyridine rings is 1. The molecule has 0 atom stereocenters. The first-order valence-corrected chi connectivity index (χ1v) is 6.36. The van der Waals surface area contributed by atoms with Crippen molar-refractivity contribution >= 4 is 22.8 Å². The summed E-state index contributed by atoms with van der Waals surface area (Å²) in [5, 5.41) is 16.8. The lowest BCUT2D eigenvalue weighted by Gasteiger charge is -2.06. The maximum Gasteiger partial charge on any atom is 0.243 e. The fraction of sp³-hybridized carbons (Fsp3) is 0.154. The number of nitrogens with zero attached hydrogens (tertiary/aromatic N) is 6. The molecule has 7 nitrogen and oxygen atoms in total. The van der Waals surface area contributed by atoms with Gasteiger partial charge in [-0.25, -0.2) is 4.98 Å². The van der Waals surface area contributed by atoms with Gasteiger partial charge in [-0.2, -0.15) is 10.2 Å². The Morgan fingerprint density at radius 3 is 2.86 bits per heavy atom. The van der Waals surface area contributed by atoms with Gasteiger partial charge in [-0.15, -0.1) is 10.2 Å². The molecule has 0 saturated heterocycles. The van der Waals surface area contributed by atoms with Gasteiger partial charge in [0.15, 0.2) is 11.3 Å². The number of halogens is 1. The van der Waals surface area contributed by atoms with Crippen molar-refractivity contribution in [2.24, 2.45) is 7.05 Å². The number of aromatic nitrogens is 5. The summed E-state index contributed by atoms with van der Waals surface area (Å²) < 4.78 is 7.34. The molecule has 0 N–H and O–H groups in total. The third-order valence-corrected chi connectivity index (χ3v) is 3.14. The molecule has 0 aromatic carbocycles. The van der Waals surface area contributed by atoms with Crippen molar-refractivity contribution in [3.8, 4) is 17.8 Å². The molecule has 0 bridgehead atoms. The highest BCUT2D eigenvalue weighted by atomic mass is 35.5. The van der Waals surface area contributed by atoms with Gasteiger partial charge in [0, 0.05) is 18.7 Å². The number of ether oxygens (including phenoxy) is 1. The third-order valence-electron chi connectivity index (χ3n) is 2.85. The first-order valence-electron chi connectivity index (χ1n) is 5.98. The zero-order valence-electron chi connectivity index (χ0n) is 11.2. The van der Waals surface area contributed by atoms with Crippen molar-refractivity contribution in [1.29, 1.82) is 5.26 Å². The number of imidazole rings is 1. The molecular formula is C13H9ClN6O. The second kappa shape index (κ2) is 5.00. The first-order chi connectivity index (χ1) is 10.1. The molecule has 0 spiro atoms. The number of nitriles is 1. The van der Waals surface area contributed by atoms with Crippen LogP contribution in [0, 0.1) is 18.3 Å². The Morgan fingerprint density at radius 2 is 2.14 bits per heavy atom. The molecule has 3 aromatic heterocycles. The Kier molecular flexibility index (Phi) is 3.16. The summed E-state index contributed by atoms with van der Waals surface area (Å²) in [7, 11) is 1.81. The quantitative estimate of drug-likeness (QED) is 0.722. The second-order valence-corrected chi connectivity index (χ2v) is 4.81. The lowest BCUT2D eigenvalue weighted by Crippen LogP contribution is -1.98. The standard InChI is InChI=1S/C13H9ClN6O/c1-7-3-8(5-15)18-19-13(7)21-10-4-9(14)11-12(17-10)20(2)6-16-11/h3-4,6H,1-2H3.